The molecule has 1 atom stereocenters. The van der Waals surface area contributed by atoms with Crippen LogP contribution in [0.1, 0.15) is 19.8 Å². The monoisotopic (exact) mass is 189 g/mol. The maximum atomic E-state index is 7.17. The highest BCUT2D eigenvalue weighted by Crippen LogP contribution is 2.16. The largest absolute Gasteiger partial charge is 0.379 e. The van der Waals surface area contributed by atoms with Crippen LogP contribution in [0.5, 0.6) is 0 Å². The van der Waals surface area contributed by atoms with Crippen molar-refractivity contribution >= 4 is 16.9 Å². The second kappa shape index (κ2) is 6.31. The first kappa shape index (κ1) is 11.8. The van der Waals surface area contributed by atoms with Crippen LogP contribution in [0.25, 0.3) is 0 Å². The SMILES string of the molecule is CCCC(CN(C)C)SC(=N)N. The minimum absolute atomic E-state index is 0.232. The molecule has 0 saturated carbocycles. The van der Waals surface area contributed by atoms with Gasteiger partial charge in [-0.25, -0.2) is 0 Å². The maximum absolute atomic E-state index is 7.17. The Bertz CT molecular complexity index is 136. The van der Waals surface area contributed by atoms with Crippen molar-refractivity contribution in [1.29, 1.82) is 5.41 Å². The van der Waals surface area contributed by atoms with E-state index in [-0.39, 0.29) is 5.17 Å². The molecule has 0 amide bonds. The molecule has 0 aromatic heterocycles. The van der Waals surface area contributed by atoms with Crippen LogP contribution in [-0.2, 0) is 0 Å². The maximum Gasteiger partial charge on any atom is 0.151 e. The van der Waals surface area contributed by atoms with Gasteiger partial charge in [0.1, 0.15) is 0 Å². The fourth-order valence-electron chi connectivity index (χ4n) is 1.10. The molecule has 0 spiro atoms. The average molecular weight is 189 g/mol. The van der Waals surface area contributed by atoms with E-state index >= 15 is 0 Å². The molecule has 4 heteroatoms. The summed E-state index contributed by atoms with van der Waals surface area (Å²) in [7, 11) is 4.09. The topological polar surface area (TPSA) is 53.1 Å². The first-order valence-corrected chi connectivity index (χ1v) is 5.09. The molecule has 0 aromatic carbocycles. The third kappa shape index (κ3) is 6.49. The van der Waals surface area contributed by atoms with Gasteiger partial charge in [-0.3, -0.25) is 5.41 Å². The van der Waals surface area contributed by atoms with Crippen LogP contribution in [0.2, 0.25) is 0 Å². The Morgan fingerprint density at radius 2 is 2.17 bits per heavy atom. The highest BCUT2D eigenvalue weighted by Gasteiger charge is 2.10. The first-order valence-electron chi connectivity index (χ1n) is 4.21. The van der Waals surface area contributed by atoms with Gasteiger partial charge in [0, 0.05) is 11.8 Å². The summed E-state index contributed by atoms with van der Waals surface area (Å²) in [6, 6.07) is 0. The minimum Gasteiger partial charge on any atom is -0.379 e. The van der Waals surface area contributed by atoms with Gasteiger partial charge in [-0.1, -0.05) is 25.1 Å². The molecule has 0 aliphatic heterocycles. The third-order valence-electron chi connectivity index (χ3n) is 1.47. The molecule has 0 aromatic rings. The highest BCUT2D eigenvalue weighted by atomic mass is 32.2. The van der Waals surface area contributed by atoms with Crippen LogP contribution in [0.3, 0.4) is 0 Å². The fraction of sp³-hybridized carbons (Fsp3) is 0.875. The van der Waals surface area contributed by atoms with Crippen LogP contribution in [0.4, 0.5) is 0 Å². The molecule has 0 aliphatic rings. The second-order valence-corrected chi connectivity index (χ2v) is 4.50. The van der Waals surface area contributed by atoms with E-state index in [0.717, 1.165) is 19.4 Å². The van der Waals surface area contributed by atoms with Crippen molar-refractivity contribution in [2.75, 3.05) is 20.6 Å². The van der Waals surface area contributed by atoms with E-state index in [2.05, 4.69) is 11.8 Å². The Hall–Kier alpha value is -0.220. The lowest BCUT2D eigenvalue weighted by molar-refractivity contribution is 0.400. The molecule has 0 heterocycles. The average Bonchev–Trinajstić information content (AvgIpc) is 1.84. The number of hydrogen-bond donors (Lipinski definition) is 2. The molecule has 72 valence electrons. The van der Waals surface area contributed by atoms with E-state index in [1.165, 1.54) is 11.8 Å². The lowest BCUT2D eigenvalue weighted by Gasteiger charge is -2.18. The summed E-state index contributed by atoms with van der Waals surface area (Å²) in [5.74, 6) is 0. The zero-order chi connectivity index (χ0) is 9.56. The van der Waals surface area contributed by atoms with Gasteiger partial charge in [-0.2, -0.15) is 0 Å². The van der Waals surface area contributed by atoms with Crippen LogP contribution in [0.15, 0.2) is 0 Å². The number of amidine groups is 1. The van der Waals surface area contributed by atoms with Crippen molar-refractivity contribution in [3.63, 3.8) is 0 Å². The Kier molecular flexibility index (Phi) is 6.20. The summed E-state index contributed by atoms with van der Waals surface area (Å²) in [5, 5.41) is 7.88. The minimum atomic E-state index is 0.232. The molecular formula is C8H19N3S. The zero-order valence-corrected chi connectivity index (χ0v) is 8.95. The van der Waals surface area contributed by atoms with E-state index in [4.69, 9.17) is 11.1 Å². The van der Waals surface area contributed by atoms with Crippen molar-refractivity contribution < 1.29 is 0 Å². The molecule has 0 rings (SSSR count). The van der Waals surface area contributed by atoms with Crippen LogP contribution in [0, 0.1) is 5.41 Å². The number of nitrogens with one attached hydrogen (secondary N) is 1. The van der Waals surface area contributed by atoms with E-state index in [9.17, 15) is 0 Å². The quantitative estimate of drug-likeness (QED) is 0.507. The van der Waals surface area contributed by atoms with Crippen LogP contribution in [-0.4, -0.2) is 36.0 Å². The lowest BCUT2D eigenvalue weighted by atomic mass is 10.2. The second-order valence-electron chi connectivity index (χ2n) is 3.16. The number of nitrogens with zero attached hydrogens (tertiary/aromatic N) is 1. The van der Waals surface area contributed by atoms with E-state index in [1.807, 2.05) is 14.1 Å². The Balaban J connectivity index is 3.77. The summed E-state index contributed by atoms with van der Waals surface area (Å²) < 4.78 is 0. The van der Waals surface area contributed by atoms with Crippen molar-refractivity contribution in [1.82, 2.24) is 4.90 Å². The normalized spacial score (nSPS) is 13.3. The smallest absolute Gasteiger partial charge is 0.151 e. The molecule has 0 aliphatic carbocycles. The van der Waals surface area contributed by atoms with Crippen molar-refractivity contribution in [2.24, 2.45) is 5.73 Å². The summed E-state index contributed by atoms with van der Waals surface area (Å²) >= 11 is 1.47. The Morgan fingerprint density at radius 3 is 2.50 bits per heavy atom. The van der Waals surface area contributed by atoms with E-state index < -0.39 is 0 Å². The summed E-state index contributed by atoms with van der Waals surface area (Å²) in [4.78, 5) is 2.14. The van der Waals surface area contributed by atoms with Crippen molar-refractivity contribution in [2.45, 2.75) is 25.0 Å². The molecule has 3 N–H and O–H groups in total. The first-order chi connectivity index (χ1) is 5.56. The van der Waals surface area contributed by atoms with Gasteiger partial charge in [0.2, 0.25) is 0 Å². The van der Waals surface area contributed by atoms with Gasteiger partial charge in [0.05, 0.1) is 0 Å². The van der Waals surface area contributed by atoms with Gasteiger partial charge in [0.25, 0.3) is 0 Å². The number of hydrogen-bond acceptors (Lipinski definition) is 3. The van der Waals surface area contributed by atoms with Crippen LogP contribution < -0.4 is 5.73 Å². The Morgan fingerprint density at radius 1 is 1.58 bits per heavy atom. The van der Waals surface area contributed by atoms with Gasteiger partial charge in [-0.05, 0) is 20.5 Å². The standard InChI is InChI=1S/C8H19N3S/c1-4-5-7(6-11(2)3)12-8(9)10/h7H,4-6H2,1-3H3,(H3,9,10). The molecule has 3 nitrogen and oxygen atoms in total. The molecule has 1 unspecified atom stereocenters. The van der Waals surface area contributed by atoms with Gasteiger partial charge in [0.15, 0.2) is 5.17 Å². The third-order valence-corrected chi connectivity index (χ3v) is 2.45. The number of thioether (sulfide) groups is 1. The highest BCUT2D eigenvalue weighted by molar-refractivity contribution is 8.14. The Labute approximate surface area is 79.2 Å². The summed E-state index contributed by atoms with van der Waals surface area (Å²) in [6.07, 6.45) is 2.28. The van der Waals surface area contributed by atoms with Crippen molar-refractivity contribution in [3.05, 3.63) is 0 Å². The molecule has 0 radical (unpaired) electrons. The molecule has 0 saturated heterocycles. The molecular weight excluding hydrogens is 170 g/mol. The van der Waals surface area contributed by atoms with E-state index in [0.29, 0.717) is 5.25 Å². The fourth-order valence-corrected chi connectivity index (χ4v) is 2.18. The number of nitrogens with two attached hydrogens (primary N) is 1. The van der Waals surface area contributed by atoms with E-state index in [1.54, 1.807) is 0 Å². The van der Waals surface area contributed by atoms with Crippen molar-refractivity contribution in [3.8, 4) is 0 Å². The summed E-state index contributed by atoms with van der Waals surface area (Å²) in [6.45, 7) is 3.15. The number of rotatable bonds is 5. The molecule has 0 fully saturated rings. The lowest BCUT2D eigenvalue weighted by Crippen LogP contribution is -2.25. The zero-order valence-electron chi connectivity index (χ0n) is 8.13. The van der Waals surface area contributed by atoms with Gasteiger partial charge >= 0.3 is 0 Å². The molecule has 0 bridgehead atoms. The molecule has 12 heavy (non-hydrogen) atoms. The summed E-state index contributed by atoms with van der Waals surface area (Å²) in [5.41, 5.74) is 5.33. The van der Waals surface area contributed by atoms with Crippen LogP contribution >= 0.6 is 11.8 Å². The van der Waals surface area contributed by atoms with Gasteiger partial charge < -0.3 is 10.6 Å². The predicted molar refractivity (Wildman–Crippen MR) is 56.8 cm³/mol. The predicted octanol–water partition coefficient (Wildman–Crippen LogP) is 1.34. The van der Waals surface area contributed by atoms with Gasteiger partial charge in [-0.15, -0.1) is 0 Å².